The molecule has 1 aliphatic heterocycles. The van der Waals surface area contributed by atoms with Gasteiger partial charge in [0.05, 0.1) is 17.5 Å². The fourth-order valence-corrected chi connectivity index (χ4v) is 2.41. The molecule has 1 saturated heterocycles. The highest BCUT2D eigenvalue weighted by molar-refractivity contribution is 6.00. The molecule has 2 rings (SSSR count). The SMILES string of the molecule is CC1(C(N)=O)CCN(CC(=O)c2cc(F)ccc2O)C1. The topological polar surface area (TPSA) is 83.6 Å². The summed E-state index contributed by atoms with van der Waals surface area (Å²) in [6.45, 7) is 2.75. The van der Waals surface area contributed by atoms with Crippen LogP contribution in [0.4, 0.5) is 4.39 Å². The third kappa shape index (κ3) is 2.80. The summed E-state index contributed by atoms with van der Waals surface area (Å²) in [7, 11) is 0. The zero-order valence-corrected chi connectivity index (χ0v) is 11.2. The Hall–Kier alpha value is -1.95. The second-order valence-corrected chi connectivity index (χ2v) is 5.47. The molecule has 0 saturated carbocycles. The van der Waals surface area contributed by atoms with Gasteiger partial charge in [0.25, 0.3) is 0 Å². The summed E-state index contributed by atoms with van der Waals surface area (Å²) in [4.78, 5) is 25.2. The molecule has 1 atom stereocenters. The van der Waals surface area contributed by atoms with Gasteiger partial charge in [-0.25, -0.2) is 4.39 Å². The van der Waals surface area contributed by atoms with Crippen LogP contribution in [0.2, 0.25) is 0 Å². The molecule has 108 valence electrons. The third-order valence-electron chi connectivity index (χ3n) is 3.77. The number of halogens is 1. The average Bonchev–Trinajstić information content (AvgIpc) is 2.75. The van der Waals surface area contributed by atoms with E-state index in [1.165, 1.54) is 0 Å². The van der Waals surface area contributed by atoms with Crippen molar-refractivity contribution in [3.05, 3.63) is 29.6 Å². The number of nitrogens with zero attached hydrogens (tertiary/aromatic N) is 1. The molecular formula is C14H17FN2O3. The molecule has 0 aliphatic carbocycles. The van der Waals surface area contributed by atoms with Crippen molar-refractivity contribution < 1.29 is 19.1 Å². The number of Topliss-reactive ketones (excluding diaryl/α,β-unsaturated/α-hetero) is 1. The first-order chi connectivity index (χ1) is 9.32. The Kier molecular flexibility index (Phi) is 3.76. The summed E-state index contributed by atoms with van der Waals surface area (Å²) >= 11 is 0. The van der Waals surface area contributed by atoms with Gasteiger partial charge in [0.15, 0.2) is 5.78 Å². The van der Waals surface area contributed by atoms with E-state index in [-0.39, 0.29) is 29.5 Å². The highest BCUT2D eigenvalue weighted by Crippen LogP contribution is 2.29. The predicted octanol–water partition coefficient (Wildman–Crippen LogP) is 0.911. The smallest absolute Gasteiger partial charge is 0.224 e. The van der Waals surface area contributed by atoms with Gasteiger partial charge in [-0.1, -0.05) is 0 Å². The van der Waals surface area contributed by atoms with Crippen LogP contribution in [0, 0.1) is 11.2 Å². The summed E-state index contributed by atoms with van der Waals surface area (Å²) in [5.41, 5.74) is 4.66. The van der Waals surface area contributed by atoms with Gasteiger partial charge in [-0.15, -0.1) is 0 Å². The third-order valence-corrected chi connectivity index (χ3v) is 3.77. The second-order valence-electron chi connectivity index (χ2n) is 5.47. The summed E-state index contributed by atoms with van der Waals surface area (Å²) in [6, 6.07) is 3.26. The molecule has 1 amide bonds. The summed E-state index contributed by atoms with van der Waals surface area (Å²) < 4.78 is 13.1. The number of carbonyl (C=O) groups excluding carboxylic acids is 2. The molecule has 1 aliphatic rings. The highest BCUT2D eigenvalue weighted by Gasteiger charge is 2.39. The molecule has 0 aromatic heterocycles. The minimum Gasteiger partial charge on any atom is -0.507 e. The van der Waals surface area contributed by atoms with Crippen molar-refractivity contribution in [2.45, 2.75) is 13.3 Å². The van der Waals surface area contributed by atoms with Gasteiger partial charge in [0.2, 0.25) is 5.91 Å². The number of aromatic hydroxyl groups is 1. The van der Waals surface area contributed by atoms with Crippen molar-refractivity contribution in [2.24, 2.45) is 11.1 Å². The minimum atomic E-state index is -0.635. The van der Waals surface area contributed by atoms with Crippen LogP contribution >= 0.6 is 0 Å². The molecule has 1 unspecified atom stereocenters. The molecule has 1 fully saturated rings. The van der Waals surface area contributed by atoms with Crippen LogP contribution in [-0.2, 0) is 4.79 Å². The van der Waals surface area contributed by atoms with E-state index in [1.54, 1.807) is 11.8 Å². The molecule has 1 aromatic rings. The molecule has 1 heterocycles. The number of likely N-dealkylation sites (tertiary alicyclic amines) is 1. The quantitative estimate of drug-likeness (QED) is 0.803. The standard InChI is InChI=1S/C14H17FN2O3/c1-14(13(16)20)4-5-17(8-14)7-12(19)10-6-9(15)2-3-11(10)18/h2-3,6,18H,4-5,7-8H2,1H3,(H2,16,20). The molecule has 6 heteroatoms. The van der Waals surface area contributed by atoms with Gasteiger partial charge >= 0.3 is 0 Å². The molecule has 0 radical (unpaired) electrons. The van der Waals surface area contributed by atoms with Crippen LogP contribution in [-0.4, -0.2) is 41.3 Å². The lowest BCUT2D eigenvalue weighted by Gasteiger charge is -2.20. The van der Waals surface area contributed by atoms with E-state index in [9.17, 15) is 19.1 Å². The fourth-order valence-electron chi connectivity index (χ4n) is 2.41. The zero-order chi connectivity index (χ0) is 14.9. The number of rotatable bonds is 4. The summed E-state index contributed by atoms with van der Waals surface area (Å²) in [5.74, 6) is -1.58. The van der Waals surface area contributed by atoms with Crippen molar-refractivity contribution >= 4 is 11.7 Å². The molecule has 3 N–H and O–H groups in total. The Bertz CT molecular complexity index is 561. The number of hydrogen-bond donors (Lipinski definition) is 2. The minimum absolute atomic E-state index is 0.0277. The number of amides is 1. The number of phenols is 1. The van der Waals surface area contributed by atoms with E-state index in [4.69, 9.17) is 5.73 Å². The second kappa shape index (κ2) is 5.20. The van der Waals surface area contributed by atoms with Gasteiger partial charge in [-0.05, 0) is 38.1 Å². The molecule has 0 bridgehead atoms. The van der Waals surface area contributed by atoms with Crippen molar-refractivity contribution in [1.29, 1.82) is 0 Å². The van der Waals surface area contributed by atoms with E-state index < -0.39 is 11.2 Å². The normalized spacial score (nSPS) is 22.9. The predicted molar refractivity (Wildman–Crippen MR) is 70.8 cm³/mol. The first-order valence-electron chi connectivity index (χ1n) is 6.36. The summed E-state index contributed by atoms with van der Waals surface area (Å²) in [5, 5.41) is 9.59. The Morgan fingerprint density at radius 3 is 2.80 bits per heavy atom. The highest BCUT2D eigenvalue weighted by atomic mass is 19.1. The Labute approximate surface area is 116 Å². The van der Waals surface area contributed by atoms with Gasteiger partial charge in [-0.3, -0.25) is 14.5 Å². The van der Waals surface area contributed by atoms with E-state index in [0.29, 0.717) is 19.5 Å². The Morgan fingerprint density at radius 1 is 1.50 bits per heavy atom. The van der Waals surface area contributed by atoms with E-state index in [1.807, 2.05) is 0 Å². The monoisotopic (exact) mass is 280 g/mol. The van der Waals surface area contributed by atoms with Gasteiger partial charge < -0.3 is 10.8 Å². The van der Waals surface area contributed by atoms with Crippen molar-refractivity contribution in [3.63, 3.8) is 0 Å². The van der Waals surface area contributed by atoms with Crippen molar-refractivity contribution in [3.8, 4) is 5.75 Å². The van der Waals surface area contributed by atoms with Crippen LogP contribution in [0.25, 0.3) is 0 Å². The van der Waals surface area contributed by atoms with Crippen molar-refractivity contribution in [2.75, 3.05) is 19.6 Å². The van der Waals surface area contributed by atoms with Crippen LogP contribution in [0.3, 0.4) is 0 Å². The largest absolute Gasteiger partial charge is 0.507 e. The van der Waals surface area contributed by atoms with Crippen molar-refractivity contribution in [1.82, 2.24) is 4.90 Å². The maximum atomic E-state index is 13.1. The molecule has 0 spiro atoms. The lowest BCUT2D eigenvalue weighted by Crippen LogP contribution is -2.38. The number of hydrogen-bond acceptors (Lipinski definition) is 4. The van der Waals surface area contributed by atoms with E-state index in [0.717, 1.165) is 18.2 Å². The lowest BCUT2D eigenvalue weighted by atomic mass is 9.89. The van der Waals surface area contributed by atoms with Gasteiger partial charge in [0.1, 0.15) is 11.6 Å². The van der Waals surface area contributed by atoms with Crippen LogP contribution in [0.5, 0.6) is 5.75 Å². The van der Waals surface area contributed by atoms with Crippen LogP contribution in [0.1, 0.15) is 23.7 Å². The lowest BCUT2D eigenvalue weighted by molar-refractivity contribution is -0.126. The number of nitrogens with two attached hydrogens (primary N) is 1. The van der Waals surface area contributed by atoms with Gasteiger partial charge in [0, 0.05) is 6.54 Å². The number of benzene rings is 1. The first kappa shape index (κ1) is 14.5. The molecule has 1 aromatic carbocycles. The first-order valence-corrected chi connectivity index (χ1v) is 6.36. The van der Waals surface area contributed by atoms with Gasteiger partial charge in [-0.2, -0.15) is 0 Å². The Morgan fingerprint density at radius 2 is 2.20 bits per heavy atom. The maximum Gasteiger partial charge on any atom is 0.224 e. The molecule has 5 nitrogen and oxygen atoms in total. The van der Waals surface area contributed by atoms with Crippen LogP contribution < -0.4 is 5.73 Å². The number of phenolic OH excluding ortho intramolecular Hbond substituents is 1. The van der Waals surface area contributed by atoms with E-state index >= 15 is 0 Å². The van der Waals surface area contributed by atoms with E-state index in [2.05, 4.69) is 0 Å². The zero-order valence-electron chi connectivity index (χ0n) is 11.2. The number of carbonyl (C=O) groups is 2. The van der Waals surface area contributed by atoms with Crippen LogP contribution in [0.15, 0.2) is 18.2 Å². The number of primary amides is 1. The molecular weight excluding hydrogens is 263 g/mol. The Balaban J connectivity index is 2.06. The fraction of sp³-hybridized carbons (Fsp3) is 0.429. The summed E-state index contributed by atoms with van der Waals surface area (Å²) in [6.07, 6.45) is 0.588. The average molecular weight is 280 g/mol. The number of ketones is 1. The maximum absolute atomic E-state index is 13.1. The molecule has 20 heavy (non-hydrogen) atoms.